The Kier molecular flexibility index (Phi) is 8.62. The lowest BCUT2D eigenvalue weighted by Gasteiger charge is -1.94. The molecule has 0 saturated heterocycles. The molecule has 0 spiro atoms. The van der Waals surface area contributed by atoms with Gasteiger partial charge in [-0.25, -0.2) is 0 Å². The quantitative estimate of drug-likeness (QED) is 0.548. The summed E-state index contributed by atoms with van der Waals surface area (Å²) in [6.45, 7) is 11.4. The second-order valence-corrected chi connectivity index (χ2v) is 3.12. The molecule has 0 amide bonds. The van der Waals surface area contributed by atoms with Gasteiger partial charge in [-0.3, -0.25) is 0 Å². The van der Waals surface area contributed by atoms with Gasteiger partial charge in [0.1, 0.15) is 0 Å². The van der Waals surface area contributed by atoms with Crippen LogP contribution in [0.5, 0.6) is 0 Å². The van der Waals surface area contributed by atoms with Gasteiger partial charge < -0.3 is 0 Å². The Hall–Kier alpha value is -1.82. The maximum atomic E-state index is 3.69. The molecule has 0 unspecified atom stereocenters. The Morgan fingerprint density at radius 1 is 0.812 bits per heavy atom. The standard InChI is InChI=1S/C16H20/c1-5-9-12-15(8-4)13-14-16(10-6-2)11-7-3/h5-14H,1-2H2,3-4H3/b11-7-,12-9-,14-13+,15-8+,16-10+. The molecule has 0 nitrogen and oxygen atoms in total. The summed E-state index contributed by atoms with van der Waals surface area (Å²) in [5.74, 6) is 0. The third-order valence-corrected chi connectivity index (χ3v) is 1.90. The molecule has 16 heavy (non-hydrogen) atoms. The van der Waals surface area contributed by atoms with Crippen LogP contribution in [0.3, 0.4) is 0 Å². The molecule has 0 fully saturated rings. The molecule has 0 heterocycles. The Morgan fingerprint density at radius 2 is 1.50 bits per heavy atom. The van der Waals surface area contributed by atoms with E-state index in [1.807, 2.05) is 44.2 Å². The van der Waals surface area contributed by atoms with Gasteiger partial charge in [0, 0.05) is 0 Å². The molecule has 0 N–H and O–H groups in total. The summed E-state index contributed by atoms with van der Waals surface area (Å²) in [6, 6.07) is 0. The predicted molar refractivity (Wildman–Crippen MR) is 75.3 cm³/mol. The third-order valence-electron chi connectivity index (χ3n) is 1.90. The largest absolute Gasteiger partial charge is 0.0991 e. The van der Waals surface area contributed by atoms with E-state index < -0.39 is 0 Å². The molecular weight excluding hydrogens is 192 g/mol. The van der Waals surface area contributed by atoms with Crippen LogP contribution in [0.15, 0.2) is 85.1 Å². The van der Waals surface area contributed by atoms with Crippen LogP contribution >= 0.6 is 0 Å². The van der Waals surface area contributed by atoms with E-state index in [1.165, 1.54) is 0 Å². The summed E-state index contributed by atoms with van der Waals surface area (Å²) >= 11 is 0. The molecule has 0 aromatic rings. The van der Waals surface area contributed by atoms with Crippen molar-refractivity contribution >= 4 is 0 Å². The normalized spacial score (nSPS) is 14.1. The lowest BCUT2D eigenvalue weighted by molar-refractivity contribution is 1.56. The van der Waals surface area contributed by atoms with Crippen LogP contribution in [-0.4, -0.2) is 0 Å². The first-order chi connectivity index (χ1) is 7.78. The maximum absolute atomic E-state index is 3.69. The monoisotopic (exact) mass is 212 g/mol. The topological polar surface area (TPSA) is 0 Å². The maximum Gasteiger partial charge on any atom is -0.0260 e. The highest BCUT2D eigenvalue weighted by molar-refractivity contribution is 5.40. The molecule has 0 bridgehead atoms. The van der Waals surface area contributed by atoms with Crippen LogP contribution in [0.4, 0.5) is 0 Å². The zero-order valence-corrected chi connectivity index (χ0v) is 10.2. The first-order valence-electron chi connectivity index (χ1n) is 5.37. The third kappa shape index (κ3) is 6.61. The highest BCUT2D eigenvalue weighted by Crippen LogP contribution is 2.05. The van der Waals surface area contributed by atoms with Gasteiger partial charge in [0.2, 0.25) is 0 Å². The van der Waals surface area contributed by atoms with E-state index in [2.05, 4.69) is 31.4 Å². The van der Waals surface area contributed by atoms with Crippen molar-refractivity contribution in [1.82, 2.24) is 0 Å². The number of rotatable bonds is 6. The van der Waals surface area contributed by atoms with E-state index in [1.54, 1.807) is 12.2 Å². The summed E-state index contributed by atoms with van der Waals surface area (Å²) in [6.07, 6.45) is 19.7. The molecule has 0 rings (SSSR count). The summed E-state index contributed by atoms with van der Waals surface area (Å²) in [4.78, 5) is 0. The number of hydrogen-bond acceptors (Lipinski definition) is 0. The fraction of sp³-hybridized carbons (Fsp3) is 0.125. The van der Waals surface area contributed by atoms with Crippen molar-refractivity contribution < 1.29 is 0 Å². The van der Waals surface area contributed by atoms with Gasteiger partial charge in [-0.2, -0.15) is 0 Å². The van der Waals surface area contributed by atoms with E-state index in [9.17, 15) is 0 Å². The molecule has 84 valence electrons. The van der Waals surface area contributed by atoms with E-state index in [0.717, 1.165) is 11.1 Å². The van der Waals surface area contributed by atoms with Crippen LogP contribution in [0.1, 0.15) is 13.8 Å². The van der Waals surface area contributed by atoms with Crippen molar-refractivity contribution in [1.29, 1.82) is 0 Å². The van der Waals surface area contributed by atoms with Gasteiger partial charge in [-0.1, -0.05) is 73.9 Å². The molecule has 0 aromatic heterocycles. The minimum Gasteiger partial charge on any atom is -0.0991 e. The first kappa shape index (κ1) is 14.2. The van der Waals surface area contributed by atoms with Crippen LogP contribution < -0.4 is 0 Å². The van der Waals surface area contributed by atoms with Crippen molar-refractivity contribution in [2.24, 2.45) is 0 Å². The molecule has 0 heteroatoms. The van der Waals surface area contributed by atoms with Gasteiger partial charge in [0.15, 0.2) is 0 Å². The van der Waals surface area contributed by atoms with Gasteiger partial charge >= 0.3 is 0 Å². The summed E-state index contributed by atoms with van der Waals surface area (Å²) in [5.41, 5.74) is 2.28. The average molecular weight is 212 g/mol. The van der Waals surface area contributed by atoms with Gasteiger partial charge in [-0.05, 0) is 25.0 Å². The number of allylic oxidation sites excluding steroid dienone is 12. The molecule has 0 aliphatic heterocycles. The molecular formula is C16H20. The minimum absolute atomic E-state index is 1.13. The summed E-state index contributed by atoms with van der Waals surface area (Å²) in [5, 5.41) is 0. The van der Waals surface area contributed by atoms with Gasteiger partial charge in [-0.15, -0.1) is 0 Å². The predicted octanol–water partition coefficient (Wildman–Crippen LogP) is 4.92. The fourth-order valence-electron chi connectivity index (χ4n) is 1.11. The highest BCUT2D eigenvalue weighted by Gasteiger charge is 1.85. The zero-order valence-electron chi connectivity index (χ0n) is 10.2. The van der Waals surface area contributed by atoms with Crippen LogP contribution in [-0.2, 0) is 0 Å². The summed E-state index contributed by atoms with van der Waals surface area (Å²) < 4.78 is 0. The average Bonchev–Trinajstić information content (AvgIpc) is 2.30. The first-order valence-corrected chi connectivity index (χ1v) is 5.37. The van der Waals surface area contributed by atoms with E-state index >= 15 is 0 Å². The second-order valence-electron chi connectivity index (χ2n) is 3.12. The Bertz CT molecular complexity index is 357. The Labute approximate surface area is 99.4 Å². The number of hydrogen-bond donors (Lipinski definition) is 0. The SMILES string of the molecule is C=C\C=C/C(/C=C/C(/C=C\C)=C/C=C)=C\C. The van der Waals surface area contributed by atoms with E-state index in [0.29, 0.717) is 0 Å². The van der Waals surface area contributed by atoms with E-state index in [4.69, 9.17) is 0 Å². The summed E-state index contributed by atoms with van der Waals surface area (Å²) in [7, 11) is 0. The lowest BCUT2D eigenvalue weighted by Crippen LogP contribution is -1.73. The molecule has 0 aromatic carbocycles. The van der Waals surface area contributed by atoms with Crippen molar-refractivity contribution in [2.75, 3.05) is 0 Å². The highest BCUT2D eigenvalue weighted by atomic mass is 13.9. The van der Waals surface area contributed by atoms with Gasteiger partial charge in [0.05, 0.1) is 0 Å². The minimum atomic E-state index is 1.13. The Balaban J connectivity index is 4.77. The van der Waals surface area contributed by atoms with Crippen molar-refractivity contribution in [3.05, 3.63) is 85.1 Å². The smallest absolute Gasteiger partial charge is 0.0260 e. The van der Waals surface area contributed by atoms with Crippen LogP contribution in [0, 0.1) is 0 Å². The van der Waals surface area contributed by atoms with Crippen molar-refractivity contribution in [3.63, 3.8) is 0 Å². The molecule has 0 aliphatic carbocycles. The lowest BCUT2D eigenvalue weighted by atomic mass is 10.1. The van der Waals surface area contributed by atoms with E-state index in [-0.39, 0.29) is 0 Å². The van der Waals surface area contributed by atoms with Crippen LogP contribution in [0.25, 0.3) is 0 Å². The van der Waals surface area contributed by atoms with Crippen molar-refractivity contribution in [3.8, 4) is 0 Å². The zero-order chi connectivity index (χ0) is 12.2. The second kappa shape index (κ2) is 9.72. The molecule has 0 aliphatic rings. The van der Waals surface area contributed by atoms with Crippen LogP contribution in [0.2, 0.25) is 0 Å². The Morgan fingerprint density at radius 3 is 2.00 bits per heavy atom. The molecule has 0 radical (unpaired) electrons. The fourth-order valence-corrected chi connectivity index (χ4v) is 1.11. The molecule has 0 atom stereocenters. The molecule has 0 saturated carbocycles. The van der Waals surface area contributed by atoms with Crippen molar-refractivity contribution in [2.45, 2.75) is 13.8 Å². The van der Waals surface area contributed by atoms with Gasteiger partial charge in [0.25, 0.3) is 0 Å².